The number of hydrogen-bond acceptors (Lipinski definition) is 7. The second kappa shape index (κ2) is 7.01. The molecule has 2 aromatic heterocycles. The first-order valence-corrected chi connectivity index (χ1v) is 8.20. The molecule has 1 aliphatic heterocycles. The van der Waals surface area contributed by atoms with Gasteiger partial charge in [0.2, 0.25) is 0 Å². The van der Waals surface area contributed by atoms with E-state index in [0.717, 1.165) is 10.7 Å². The van der Waals surface area contributed by atoms with Crippen LogP contribution in [0.2, 0.25) is 0 Å². The van der Waals surface area contributed by atoms with Gasteiger partial charge in [0.1, 0.15) is 17.6 Å². The summed E-state index contributed by atoms with van der Waals surface area (Å²) in [6, 6.07) is 2.04. The number of morpholine rings is 1. The second-order valence-electron chi connectivity index (χ2n) is 5.23. The van der Waals surface area contributed by atoms with E-state index in [-0.39, 0.29) is 12.0 Å². The number of ether oxygens (including phenoxy) is 2. The summed E-state index contributed by atoms with van der Waals surface area (Å²) in [5, 5.41) is 0.903. The molecule has 1 saturated heterocycles. The van der Waals surface area contributed by atoms with Crippen LogP contribution in [0.5, 0.6) is 6.01 Å². The van der Waals surface area contributed by atoms with Crippen molar-refractivity contribution in [3.8, 4) is 6.01 Å². The van der Waals surface area contributed by atoms with Crippen LogP contribution in [0.1, 0.15) is 20.4 Å². The van der Waals surface area contributed by atoms with Crippen molar-refractivity contribution in [2.45, 2.75) is 20.0 Å². The van der Waals surface area contributed by atoms with Gasteiger partial charge in [0, 0.05) is 18.9 Å². The molecule has 0 bridgehead atoms. The van der Waals surface area contributed by atoms with E-state index in [0.29, 0.717) is 37.2 Å². The summed E-state index contributed by atoms with van der Waals surface area (Å²) in [5.41, 5.74) is 0.787. The summed E-state index contributed by atoms with van der Waals surface area (Å²) in [7, 11) is 0. The summed E-state index contributed by atoms with van der Waals surface area (Å²) in [6.07, 6.45) is 3.05. The molecule has 3 rings (SSSR count). The van der Waals surface area contributed by atoms with Crippen molar-refractivity contribution < 1.29 is 14.3 Å². The molecule has 0 aromatic carbocycles. The third-order valence-corrected chi connectivity index (χ3v) is 4.53. The fourth-order valence-corrected chi connectivity index (χ4v) is 3.29. The maximum absolute atomic E-state index is 12.6. The molecule has 0 saturated carbocycles. The van der Waals surface area contributed by atoms with Crippen LogP contribution in [0.3, 0.4) is 0 Å². The molecule has 1 atom stereocenters. The minimum absolute atomic E-state index is 0.0114. The Balaban J connectivity index is 1.59. The monoisotopic (exact) mass is 334 g/mol. The van der Waals surface area contributed by atoms with Gasteiger partial charge in [-0.25, -0.2) is 15.0 Å². The van der Waals surface area contributed by atoms with Gasteiger partial charge >= 0.3 is 6.01 Å². The average Bonchev–Trinajstić information content (AvgIpc) is 2.92. The Morgan fingerprint density at radius 1 is 1.43 bits per heavy atom. The standard InChI is InChI=1S/C15H18N4O3S/c1-10-13(23-11(2)18-10)14(20)19-6-7-21-12(8-19)9-22-15-16-4-3-5-17-15/h3-5,12H,6-9H2,1-2H3. The van der Waals surface area contributed by atoms with Crippen molar-refractivity contribution in [2.75, 3.05) is 26.3 Å². The Kier molecular flexibility index (Phi) is 4.82. The molecule has 122 valence electrons. The Morgan fingerprint density at radius 2 is 2.22 bits per heavy atom. The number of thiazole rings is 1. The van der Waals surface area contributed by atoms with E-state index in [1.54, 1.807) is 23.4 Å². The normalized spacial score (nSPS) is 18.0. The van der Waals surface area contributed by atoms with Crippen LogP contribution in [-0.4, -0.2) is 58.2 Å². The molecular weight excluding hydrogens is 316 g/mol. The molecule has 2 aromatic rings. The number of hydrogen-bond donors (Lipinski definition) is 0. The van der Waals surface area contributed by atoms with Crippen LogP contribution in [0.4, 0.5) is 0 Å². The van der Waals surface area contributed by atoms with Crippen LogP contribution >= 0.6 is 11.3 Å². The lowest BCUT2D eigenvalue weighted by Gasteiger charge is -2.32. The van der Waals surface area contributed by atoms with Crippen molar-refractivity contribution in [1.29, 1.82) is 0 Å². The third-order valence-electron chi connectivity index (χ3n) is 3.46. The maximum atomic E-state index is 12.6. The zero-order valence-electron chi connectivity index (χ0n) is 13.1. The molecule has 1 fully saturated rings. The number of carbonyl (C=O) groups is 1. The highest BCUT2D eigenvalue weighted by atomic mass is 32.1. The molecule has 7 nitrogen and oxygen atoms in total. The highest BCUT2D eigenvalue weighted by Gasteiger charge is 2.27. The minimum Gasteiger partial charge on any atom is -0.461 e. The number of nitrogens with zero attached hydrogens (tertiary/aromatic N) is 4. The molecular formula is C15H18N4O3S. The first-order valence-electron chi connectivity index (χ1n) is 7.38. The van der Waals surface area contributed by atoms with Crippen LogP contribution in [0.15, 0.2) is 18.5 Å². The first kappa shape index (κ1) is 15.8. The van der Waals surface area contributed by atoms with E-state index in [1.165, 1.54) is 11.3 Å². The fourth-order valence-electron chi connectivity index (χ4n) is 2.41. The summed E-state index contributed by atoms with van der Waals surface area (Å²) in [4.78, 5) is 27.5. The highest BCUT2D eigenvalue weighted by molar-refractivity contribution is 7.13. The minimum atomic E-state index is -0.189. The predicted octanol–water partition coefficient (Wildman–Crippen LogP) is 1.47. The van der Waals surface area contributed by atoms with E-state index in [9.17, 15) is 4.79 Å². The molecule has 0 aliphatic carbocycles. The first-order chi connectivity index (χ1) is 11.1. The number of amides is 1. The zero-order valence-corrected chi connectivity index (χ0v) is 13.9. The van der Waals surface area contributed by atoms with Crippen molar-refractivity contribution in [1.82, 2.24) is 19.9 Å². The lowest BCUT2D eigenvalue weighted by Crippen LogP contribution is -2.47. The lowest BCUT2D eigenvalue weighted by molar-refractivity contribution is -0.0412. The van der Waals surface area contributed by atoms with Gasteiger partial charge in [-0.1, -0.05) is 0 Å². The van der Waals surface area contributed by atoms with E-state index in [4.69, 9.17) is 9.47 Å². The van der Waals surface area contributed by atoms with E-state index >= 15 is 0 Å². The number of aryl methyl sites for hydroxylation is 2. The SMILES string of the molecule is Cc1nc(C)c(C(=O)N2CCOC(COc3ncccn3)C2)s1. The molecule has 23 heavy (non-hydrogen) atoms. The summed E-state index contributed by atoms with van der Waals surface area (Å²) in [6.45, 7) is 5.64. The number of carbonyl (C=O) groups excluding carboxylic acids is 1. The molecule has 0 spiro atoms. The zero-order chi connectivity index (χ0) is 16.2. The van der Waals surface area contributed by atoms with Crippen LogP contribution in [0.25, 0.3) is 0 Å². The molecule has 3 heterocycles. The Hall–Kier alpha value is -2.06. The topological polar surface area (TPSA) is 77.4 Å². The summed E-state index contributed by atoms with van der Waals surface area (Å²) >= 11 is 1.43. The molecule has 0 radical (unpaired) electrons. The van der Waals surface area contributed by atoms with Crippen molar-refractivity contribution in [3.05, 3.63) is 34.0 Å². The molecule has 0 N–H and O–H groups in total. The van der Waals surface area contributed by atoms with Gasteiger partial charge in [0.25, 0.3) is 5.91 Å². The predicted molar refractivity (Wildman–Crippen MR) is 84.8 cm³/mol. The van der Waals surface area contributed by atoms with Gasteiger partial charge in [-0.15, -0.1) is 11.3 Å². The Bertz CT molecular complexity index is 677. The lowest BCUT2D eigenvalue weighted by atomic mass is 10.2. The van der Waals surface area contributed by atoms with Gasteiger partial charge in [0.15, 0.2) is 0 Å². The maximum Gasteiger partial charge on any atom is 0.316 e. The van der Waals surface area contributed by atoms with E-state index < -0.39 is 0 Å². The second-order valence-corrected chi connectivity index (χ2v) is 6.44. The quantitative estimate of drug-likeness (QED) is 0.843. The van der Waals surface area contributed by atoms with Crippen molar-refractivity contribution in [2.24, 2.45) is 0 Å². The Labute approximate surface area is 138 Å². The smallest absolute Gasteiger partial charge is 0.316 e. The summed E-state index contributed by atoms with van der Waals surface area (Å²) < 4.78 is 11.2. The van der Waals surface area contributed by atoms with Crippen LogP contribution in [-0.2, 0) is 4.74 Å². The molecule has 8 heteroatoms. The van der Waals surface area contributed by atoms with Gasteiger partial charge in [-0.3, -0.25) is 4.79 Å². The van der Waals surface area contributed by atoms with Crippen LogP contribution in [0, 0.1) is 13.8 Å². The van der Waals surface area contributed by atoms with Crippen molar-refractivity contribution in [3.63, 3.8) is 0 Å². The largest absolute Gasteiger partial charge is 0.461 e. The summed E-state index contributed by atoms with van der Waals surface area (Å²) in [5.74, 6) is 0.0114. The van der Waals surface area contributed by atoms with Gasteiger partial charge in [-0.05, 0) is 19.9 Å². The van der Waals surface area contributed by atoms with E-state index in [2.05, 4.69) is 15.0 Å². The number of rotatable bonds is 4. The van der Waals surface area contributed by atoms with Crippen molar-refractivity contribution >= 4 is 17.2 Å². The van der Waals surface area contributed by atoms with Gasteiger partial charge < -0.3 is 14.4 Å². The third kappa shape index (κ3) is 3.83. The average molecular weight is 334 g/mol. The molecule has 1 amide bonds. The van der Waals surface area contributed by atoms with E-state index in [1.807, 2.05) is 13.8 Å². The fraction of sp³-hybridized carbons (Fsp3) is 0.467. The Morgan fingerprint density at radius 3 is 2.91 bits per heavy atom. The van der Waals surface area contributed by atoms with Crippen LogP contribution < -0.4 is 4.74 Å². The highest BCUT2D eigenvalue weighted by Crippen LogP contribution is 2.20. The van der Waals surface area contributed by atoms with Gasteiger partial charge in [-0.2, -0.15) is 0 Å². The van der Waals surface area contributed by atoms with Gasteiger partial charge in [0.05, 0.1) is 23.9 Å². The molecule has 1 unspecified atom stereocenters. The molecule has 1 aliphatic rings. The number of aromatic nitrogens is 3.